The Bertz CT molecular complexity index is 590. The average molecular weight is 348 g/mol. The van der Waals surface area contributed by atoms with Gasteiger partial charge in [-0.05, 0) is 31.9 Å². The van der Waals surface area contributed by atoms with Gasteiger partial charge in [-0.15, -0.1) is 0 Å². The molecule has 1 heterocycles. The van der Waals surface area contributed by atoms with Crippen molar-refractivity contribution in [3.05, 3.63) is 29.8 Å². The average Bonchev–Trinajstić information content (AvgIpc) is 3.12. The third kappa shape index (κ3) is 4.80. The number of amides is 2. The standard InChI is InChI=1S/C19H29N3O3/c1-4-19(25,5-2)18(24)20-22(16-10-8-15(3)9-11-16)17(23)14-21-12-6-7-13-21/h8-11,25H,4-7,12-14H2,1-3H3,(H,20,24)/p+1. The second kappa shape index (κ2) is 8.45. The Labute approximate surface area is 149 Å². The van der Waals surface area contributed by atoms with Crippen molar-refractivity contribution in [2.75, 3.05) is 24.6 Å². The first-order chi connectivity index (χ1) is 11.9. The van der Waals surface area contributed by atoms with E-state index in [0.717, 1.165) is 31.5 Å². The van der Waals surface area contributed by atoms with Crippen LogP contribution in [0, 0.1) is 6.92 Å². The predicted molar refractivity (Wildman–Crippen MR) is 97.1 cm³/mol. The Morgan fingerprint density at radius 2 is 1.72 bits per heavy atom. The molecule has 3 N–H and O–H groups in total. The highest BCUT2D eigenvalue weighted by atomic mass is 16.3. The van der Waals surface area contributed by atoms with Crippen LogP contribution < -0.4 is 15.3 Å². The quantitative estimate of drug-likeness (QED) is 0.659. The molecule has 0 saturated carbocycles. The summed E-state index contributed by atoms with van der Waals surface area (Å²) < 4.78 is 0. The Morgan fingerprint density at radius 1 is 1.16 bits per heavy atom. The Kier molecular flexibility index (Phi) is 6.56. The molecule has 0 spiro atoms. The van der Waals surface area contributed by atoms with E-state index >= 15 is 0 Å². The highest BCUT2D eigenvalue weighted by molar-refractivity contribution is 5.98. The van der Waals surface area contributed by atoms with Crippen LogP contribution in [0.25, 0.3) is 0 Å². The minimum absolute atomic E-state index is 0.163. The number of benzene rings is 1. The van der Waals surface area contributed by atoms with Gasteiger partial charge in [-0.3, -0.25) is 15.0 Å². The number of hydrogen-bond acceptors (Lipinski definition) is 3. The van der Waals surface area contributed by atoms with Crippen LogP contribution in [0.2, 0.25) is 0 Å². The van der Waals surface area contributed by atoms with Crippen LogP contribution in [0.1, 0.15) is 45.1 Å². The minimum Gasteiger partial charge on any atom is -0.380 e. The number of hydrazine groups is 1. The van der Waals surface area contributed by atoms with Crippen molar-refractivity contribution in [3.63, 3.8) is 0 Å². The maximum absolute atomic E-state index is 12.8. The number of aryl methyl sites for hydroxylation is 1. The molecule has 1 aromatic carbocycles. The molecule has 138 valence electrons. The first kappa shape index (κ1) is 19.4. The van der Waals surface area contributed by atoms with Crippen LogP contribution in [0.4, 0.5) is 5.69 Å². The zero-order valence-corrected chi connectivity index (χ0v) is 15.5. The maximum Gasteiger partial charge on any atom is 0.300 e. The molecule has 0 bridgehead atoms. The zero-order chi connectivity index (χ0) is 18.4. The van der Waals surface area contributed by atoms with Crippen LogP contribution >= 0.6 is 0 Å². The maximum atomic E-state index is 12.8. The van der Waals surface area contributed by atoms with E-state index in [1.54, 1.807) is 13.8 Å². The molecule has 1 aliphatic heterocycles. The Morgan fingerprint density at radius 3 is 2.24 bits per heavy atom. The lowest BCUT2D eigenvalue weighted by molar-refractivity contribution is -0.878. The van der Waals surface area contributed by atoms with Gasteiger partial charge >= 0.3 is 5.91 Å². The van der Waals surface area contributed by atoms with Crippen LogP contribution in [-0.2, 0) is 9.59 Å². The number of rotatable bonds is 6. The first-order valence-corrected chi connectivity index (χ1v) is 9.16. The molecule has 0 atom stereocenters. The summed E-state index contributed by atoms with van der Waals surface area (Å²) in [7, 11) is 0. The normalized spacial score (nSPS) is 15.2. The fraction of sp³-hybridized carbons (Fsp3) is 0.579. The molecule has 25 heavy (non-hydrogen) atoms. The summed E-state index contributed by atoms with van der Waals surface area (Å²) in [6.07, 6.45) is 2.85. The van der Waals surface area contributed by atoms with Crippen molar-refractivity contribution in [2.45, 2.75) is 52.1 Å². The number of likely N-dealkylation sites (tertiary alicyclic amines) is 1. The summed E-state index contributed by atoms with van der Waals surface area (Å²) in [6.45, 7) is 7.79. The van der Waals surface area contributed by atoms with Crippen LogP contribution in [-0.4, -0.2) is 42.2 Å². The highest BCUT2D eigenvalue weighted by Crippen LogP contribution is 2.18. The summed E-state index contributed by atoms with van der Waals surface area (Å²) >= 11 is 0. The van der Waals surface area contributed by atoms with Gasteiger partial charge in [-0.2, -0.15) is 0 Å². The molecule has 1 aromatic rings. The third-order valence-electron chi connectivity index (χ3n) is 5.06. The number of carbonyl (C=O) groups is 2. The van der Waals surface area contributed by atoms with Gasteiger partial charge in [0.1, 0.15) is 5.60 Å². The van der Waals surface area contributed by atoms with Crippen molar-refractivity contribution in [3.8, 4) is 0 Å². The van der Waals surface area contributed by atoms with Crippen molar-refractivity contribution in [1.29, 1.82) is 0 Å². The van der Waals surface area contributed by atoms with Gasteiger partial charge in [0.25, 0.3) is 5.91 Å². The fourth-order valence-corrected chi connectivity index (χ4v) is 3.09. The molecule has 1 fully saturated rings. The summed E-state index contributed by atoms with van der Waals surface area (Å²) in [6, 6.07) is 7.42. The van der Waals surface area contributed by atoms with E-state index in [4.69, 9.17) is 0 Å². The van der Waals surface area contributed by atoms with E-state index < -0.39 is 11.5 Å². The Hall–Kier alpha value is -1.92. The first-order valence-electron chi connectivity index (χ1n) is 9.16. The van der Waals surface area contributed by atoms with E-state index in [1.165, 1.54) is 9.91 Å². The van der Waals surface area contributed by atoms with Crippen molar-refractivity contribution in [2.24, 2.45) is 0 Å². The lowest BCUT2D eigenvalue weighted by atomic mass is 9.97. The van der Waals surface area contributed by atoms with Gasteiger partial charge in [-0.25, -0.2) is 5.01 Å². The SMILES string of the molecule is CCC(O)(CC)C(=O)NN(C(=O)C[NH+]1CCCC1)c1ccc(C)cc1. The molecular formula is C19H30N3O3+. The zero-order valence-electron chi connectivity index (χ0n) is 15.5. The van der Waals surface area contributed by atoms with Crippen molar-refractivity contribution in [1.82, 2.24) is 5.43 Å². The van der Waals surface area contributed by atoms with Crippen LogP contribution in [0.3, 0.4) is 0 Å². The number of nitrogens with one attached hydrogen (secondary N) is 2. The van der Waals surface area contributed by atoms with Gasteiger partial charge < -0.3 is 10.0 Å². The molecule has 6 nitrogen and oxygen atoms in total. The molecule has 2 amide bonds. The lowest BCUT2D eigenvalue weighted by Crippen LogP contribution is -3.11. The molecule has 6 heteroatoms. The summed E-state index contributed by atoms with van der Waals surface area (Å²) in [5, 5.41) is 11.7. The second-order valence-electron chi connectivity index (χ2n) is 6.88. The van der Waals surface area contributed by atoms with Gasteiger partial charge in [0, 0.05) is 12.8 Å². The minimum atomic E-state index is -1.47. The van der Waals surface area contributed by atoms with Crippen LogP contribution in [0.5, 0.6) is 0 Å². The van der Waals surface area contributed by atoms with Gasteiger partial charge in [0.2, 0.25) is 0 Å². The summed E-state index contributed by atoms with van der Waals surface area (Å²) in [5.74, 6) is -0.702. The summed E-state index contributed by atoms with van der Waals surface area (Å²) in [4.78, 5) is 26.6. The number of carbonyl (C=O) groups excluding carboxylic acids is 2. The lowest BCUT2D eigenvalue weighted by Gasteiger charge is -2.30. The highest BCUT2D eigenvalue weighted by Gasteiger charge is 2.35. The molecule has 1 aliphatic rings. The fourth-order valence-electron chi connectivity index (χ4n) is 3.09. The molecule has 0 unspecified atom stereocenters. The van der Waals surface area contributed by atoms with Crippen molar-refractivity contribution < 1.29 is 19.6 Å². The number of quaternary nitrogens is 1. The molecular weight excluding hydrogens is 318 g/mol. The number of hydrogen-bond donors (Lipinski definition) is 3. The van der Waals surface area contributed by atoms with Crippen molar-refractivity contribution >= 4 is 17.5 Å². The number of aliphatic hydroxyl groups is 1. The van der Waals surface area contributed by atoms with E-state index in [9.17, 15) is 14.7 Å². The van der Waals surface area contributed by atoms with E-state index in [-0.39, 0.29) is 5.91 Å². The Balaban J connectivity index is 2.20. The van der Waals surface area contributed by atoms with Gasteiger partial charge in [-0.1, -0.05) is 31.5 Å². The molecule has 0 radical (unpaired) electrons. The predicted octanol–water partition coefficient (Wildman–Crippen LogP) is 0.589. The van der Waals surface area contributed by atoms with Gasteiger partial charge in [0.15, 0.2) is 6.54 Å². The molecule has 0 aliphatic carbocycles. The van der Waals surface area contributed by atoms with E-state index in [2.05, 4.69) is 5.43 Å². The largest absolute Gasteiger partial charge is 0.380 e. The molecule has 0 aromatic heterocycles. The summed E-state index contributed by atoms with van der Waals surface area (Å²) in [5.41, 5.74) is 2.87. The second-order valence-corrected chi connectivity index (χ2v) is 6.88. The van der Waals surface area contributed by atoms with E-state index in [0.29, 0.717) is 25.1 Å². The monoisotopic (exact) mass is 348 g/mol. The number of nitrogens with zero attached hydrogens (tertiary/aromatic N) is 1. The molecule has 2 rings (SSSR count). The molecule has 1 saturated heterocycles. The van der Waals surface area contributed by atoms with E-state index in [1.807, 2.05) is 31.2 Å². The smallest absolute Gasteiger partial charge is 0.300 e. The topological polar surface area (TPSA) is 74.1 Å². The third-order valence-corrected chi connectivity index (χ3v) is 5.06. The van der Waals surface area contributed by atoms with Crippen LogP contribution in [0.15, 0.2) is 24.3 Å². The van der Waals surface area contributed by atoms with Gasteiger partial charge in [0.05, 0.1) is 18.8 Å². The number of anilines is 1.